The molecule has 3 heterocycles. The third kappa shape index (κ3) is 4.26. The van der Waals surface area contributed by atoms with E-state index in [1.165, 1.54) is 6.08 Å². The maximum absolute atomic E-state index is 12.7. The average Bonchev–Trinajstić information content (AvgIpc) is 3.29. The van der Waals surface area contributed by atoms with Crippen LogP contribution in [0.1, 0.15) is 25.0 Å². The molecule has 2 fully saturated rings. The van der Waals surface area contributed by atoms with E-state index in [0.29, 0.717) is 29.6 Å². The first-order valence-corrected chi connectivity index (χ1v) is 10.6. The Morgan fingerprint density at radius 2 is 1.86 bits per heavy atom. The summed E-state index contributed by atoms with van der Waals surface area (Å²) in [5.41, 5.74) is 0.744. The summed E-state index contributed by atoms with van der Waals surface area (Å²) < 4.78 is 5.78. The summed E-state index contributed by atoms with van der Waals surface area (Å²) >= 11 is 7.01. The molecule has 2 saturated heterocycles. The highest BCUT2D eigenvalue weighted by Crippen LogP contribution is 2.34. The molecule has 3 amide bonds. The predicted molar refractivity (Wildman–Crippen MR) is 112 cm³/mol. The van der Waals surface area contributed by atoms with E-state index in [-0.39, 0.29) is 17.4 Å². The summed E-state index contributed by atoms with van der Waals surface area (Å²) in [4.78, 5) is 40.3. The van der Waals surface area contributed by atoms with E-state index in [2.05, 4.69) is 0 Å². The number of thioether (sulfide) groups is 1. The number of likely N-dealkylation sites (tertiary alicyclic amines) is 1. The lowest BCUT2D eigenvalue weighted by Crippen LogP contribution is -2.44. The second-order valence-corrected chi connectivity index (χ2v) is 8.29. The first kappa shape index (κ1) is 19.8. The fourth-order valence-corrected chi connectivity index (χ4v) is 4.43. The van der Waals surface area contributed by atoms with Crippen LogP contribution in [-0.2, 0) is 9.59 Å². The van der Waals surface area contributed by atoms with Crippen LogP contribution in [0.4, 0.5) is 4.79 Å². The molecule has 4 rings (SSSR count). The van der Waals surface area contributed by atoms with Crippen molar-refractivity contribution in [2.24, 2.45) is 0 Å². The van der Waals surface area contributed by atoms with Crippen LogP contribution in [0.3, 0.4) is 0 Å². The second-order valence-electron chi connectivity index (χ2n) is 6.89. The van der Waals surface area contributed by atoms with Gasteiger partial charge in [0.1, 0.15) is 18.1 Å². The number of halogens is 1. The van der Waals surface area contributed by atoms with E-state index < -0.39 is 11.1 Å². The van der Waals surface area contributed by atoms with E-state index in [9.17, 15) is 14.4 Å². The molecule has 0 spiro atoms. The van der Waals surface area contributed by atoms with Crippen LogP contribution in [0.25, 0.3) is 17.4 Å². The van der Waals surface area contributed by atoms with Crippen LogP contribution in [0.5, 0.6) is 0 Å². The second kappa shape index (κ2) is 8.47. The van der Waals surface area contributed by atoms with Crippen molar-refractivity contribution >= 4 is 46.5 Å². The monoisotopic (exact) mass is 430 g/mol. The molecule has 2 aliphatic heterocycles. The van der Waals surface area contributed by atoms with Crippen molar-refractivity contribution < 1.29 is 18.8 Å². The van der Waals surface area contributed by atoms with Crippen molar-refractivity contribution in [2.75, 3.05) is 19.6 Å². The highest BCUT2D eigenvalue weighted by molar-refractivity contribution is 8.18. The van der Waals surface area contributed by atoms with Gasteiger partial charge >= 0.3 is 0 Å². The SMILES string of the molecule is O=C(CN1C(=O)S/C(=C\c2ccc(-c3ccccc3Cl)o2)C1=O)N1CCCCC1. The van der Waals surface area contributed by atoms with E-state index in [1.54, 1.807) is 23.1 Å². The third-order valence-corrected chi connectivity index (χ3v) is 6.15. The lowest BCUT2D eigenvalue weighted by Gasteiger charge is -2.27. The number of benzene rings is 1. The fraction of sp³-hybridized carbons (Fsp3) is 0.286. The minimum atomic E-state index is -0.471. The highest BCUT2D eigenvalue weighted by Gasteiger charge is 2.37. The Kier molecular flexibility index (Phi) is 5.78. The zero-order chi connectivity index (χ0) is 20.4. The number of furan rings is 1. The molecule has 0 unspecified atom stereocenters. The molecule has 1 aromatic carbocycles. The largest absolute Gasteiger partial charge is 0.457 e. The summed E-state index contributed by atoms with van der Waals surface area (Å²) in [6.45, 7) is 1.15. The quantitative estimate of drug-likeness (QED) is 0.660. The molecule has 0 aliphatic carbocycles. The Balaban J connectivity index is 1.48. The van der Waals surface area contributed by atoms with Crippen molar-refractivity contribution in [3.63, 3.8) is 0 Å². The lowest BCUT2D eigenvalue weighted by molar-refractivity contribution is -0.136. The van der Waals surface area contributed by atoms with Crippen LogP contribution in [0, 0.1) is 0 Å². The van der Waals surface area contributed by atoms with Crippen LogP contribution in [0.15, 0.2) is 45.7 Å². The van der Waals surface area contributed by atoms with E-state index >= 15 is 0 Å². The normalized spacial score (nSPS) is 18.7. The van der Waals surface area contributed by atoms with Crippen LogP contribution >= 0.6 is 23.4 Å². The van der Waals surface area contributed by atoms with Crippen molar-refractivity contribution in [3.8, 4) is 11.3 Å². The van der Waals surface area contributed by atoms with Gasteiger partial charge in [0.25, 0.3) is 11.1 Å². The maximum Gasteiger partial charge on any atom is 0.294 e. The van der Waals surface area contributed by atoms with Crippen molar-refractivity contribution in [1.29, 1.82) is 0 Å². The highest BCUT2D eigenvalue weighted by atomic mass is 35.5. The molecule has 6 nitrogen and oxygen atoms in total. The molecule has 0 atom stereocenters. The number of carbonyl (C=O) groups is 3. The predicted octanol–water partition coefficient (Wildman–Crippen LogP) is 4.65. The minimum absolute atomic E-state index is 0.188. The Bertz CT molecular complexity index is 994. The smallest absolute Gasteiger partial charge is 0.294 e. The molecule has 29 heavy (non-hydrogen) atoms. The Hall–Kier alpha value is -2.51. The summed E-state index contributed by atoms with van der Waals surface area (Å²) in [6.07, 6.45) is 4.55. The van der Waals surface area contributed by atoms with Crippen molar-refractivity contribution in [2.45, 2.75) is 19.3 Å². The lowest BCUT2D eigenvalue weighted by atomic mass is 10.1. The zero-order valence-electron chi connectivity index (χ0n) is 15.6. The fourth-order valence-electron chi connectivity index (χ4n) is 3.38. The van der Waals surface area contributed by atoms with Gasteiger partial charge in [-0.1, -0.05) is 23.7 Å². The van der Waals surface area contributed by atoms with E-state index in [1.807, 2.05) is 18.2 Å². The standard InChI is InChI=1S/C21H19ClN2O4S/c22-16-7-3-2-6-15(16)17-9-8-14(28-17)12-18-20(26)24(21(27)29-18)13-19(25)23-10-4-1-5-11-23/h2-3,6-9,12H,1,4-5,10-11,13H2/b18-12-. The number of imide groups is 1. The molecule has 150 valence electrons. The van der Waals surface area contributed by atoms with Gasteiger partial charge < -0.3 is 9.32 Å². The maximum atomic E-state index is 12.7. The van der Waals surface area contributed by atoms with Gasteiger partial charge in [-0.05, 0) is 55.3 Å². The molecule has 8 heteroatoms. The van der Waals surface area contributed by atoms with Gasteiger partial charge in [-0.15, -0.1) is 0 Å². The number of hydrogen-bond acceptors (Lipinski definition) is 5. The molecule has 1 aromatic heterocycles. The molecule has 2 aromatic rings. The van der Waals surface area contributed by atoms with E-state index in [4.69, 9.17) is 16.0 Å². The molecular formula is C21H19ClN2O4S. The van der Waals surface area contributed by atoms with Gasteiger partial charge in [0.15, 0.2) is 0 Å². The topological polar surface area (TPSA) is 70.8 Å². The summed E-state index contributed by atoms with van der Waals surface area (Å²) in [5, 5.41) is 0.120. The number of hydrogen-bond donors (Lipinski definition) is 0. The molecule has 0 bridgehead atoms. The number of piperidine rings is 1. The molecule has 2 aliphatic rings. The van der Waals surface area contributed by atoms with Gasteiger partial charge in [0.05, 0.1) is 9.93 Å². The van der Waals surface area contributed by atoms with Gasteiger partial charge in [-0.3, -0.25) is 19.3 Å². The summed E-state index contributed by atoms with van der Waals surface area (Å²) in [6, 6.07) is 10.8. The summed E-state index contributed by atoms with van der Waals surface area (Å²) in [5.74, 6) is 0.349. The number of nitrogens with zero attached hydrogens (tertiary/aromatic N) is 2. The minimum Gasteiger partial charge on any atom is -0.457 e. The molecule has 0 saturated carbocycles. The van der Waals surface area contributed by atoms with Crippen LogP contribution in [0.2, 0.25) is 5.02 Å². The number of carbonyl (C=O) groups excluding carboxylic acids is 3. The molecule has 0 radical (unpaired) electrons. The van der Waals surface area contributed by atoms with Crippen LogP contribution < -0.4 is 0 Å². The van der Waals surface area contributed by atoms with Crippen molar-refractivity contribution in [3.05, 3.63) is 52.1 Å². The average molecular weight is 431 g/mol. The first-order chi connectivity index (χ1) is 14.0. The Morgan fingerprint density at radius 3 is 2.62 bits per heavy atom. The van der Waals surface area contributed by atoms with Gasteiger partial charge in [0.2, 0.25) is 5.91 Å². The van der Waals surface area contributed by atoms with Gasteiger partial charge in [-0.2, -0.15) is 0 Å². The van der Waals surface area contributed by atoms with Crippen LogP contribution in [-0.4, -0.2) is 46.5 Å². The summed E-state index contributed by atoms with van der Waals surface area (Å²) in [7, 11) is 0. The third-order valence-electron chi connectivity index (χ3n) is 4.92. The van der Waals surface area contributed by atoms with Gasteiger partial charge in [0, 0.05) is 24.7 Å². The number of amides is 3. The molecule has 0 N–H and O–H groups in total. The van der Waals surface area contributed by atoms with E-state index in [0.717, 1.165) is 41.5 Å². The van der Waals surface area contributed by atoms with Crippen molar-refractivity contribution in [1.82, 2.24) is 9.80 Å². The molecular weight excluding hydrogens is 412 g/mol. The number of rotatable bonds is 4. The first-order valence-electron chi connectivity index (χ1n) is 9.41. The zero-order valence-corrected chi connectivity index (χ0v) is 17.2. The van der Waals surface area contributed by atoms with Gasteiger partial charge in [-0.25, -0.2) is 0 Å². The Labute approximate surface area is 177 Å². The Morgan fingerprint density at radius 1 is 1.10 bits per heavy atom.